The van der Waals surface area contributed by atoms with Gasteiger partial charge in [0, 0.05) is 50.1 Å². The predicted octanol–water partition coefficient (Wildman–Crippen LogP) is 1.24. The Kier molecular flexibility index (Phi) is 42.6. The van der Waals surface area contributed by atoms with E-state index in [4.69, 9.17) is 36.9 Å². The third-order valence-corrected chi connectivity index (χ3v) is 10.1. The minimum Gasteiger partial charge on any atom is -1.00 e. The number of carbonyl (C=O) groups is 6. The van der Waals surface area contributed by atoms with Crippen molar-refractivity contribution in [2.24, 2.45) is 27.9 Å². The summed E-state index contributed by atoms with van der Waals surface area (Å²) in [6.07, 6.45) is 10.1. The maximum atomic E-state index is 11.6. The summed E-state index contributed by atoms with van der Waals surface area (Å²) in [7, 11) is 1.54. The van der Waals surface area contributed by atoms with Gasteiger partial charge < -0.3 is 45.6 Å². The Bertz CT molecular complexity index is 1460. The van der Waals surface area contributed by atoms with Crippen molar-refractivity contribution in [3.8, 4) is 0 Å². The van der Waals surface area contributed by atoms with Crippen LogP contribution in [0, 0.1) is 29.1 Å². The second-order valence-electron chi connectivity index (χ2n) is 17.1. The minimum absolute atomic E-state index is 0. The van der Waals surface area contributed by atoms with E-state index in [1.807, 2.05) is 6.92 Å². The van der Waals surface area contributed by atoms with Gasteiger partial charge >= 0.3 is 71.1 Å². The molecule has 1 unspecified atom stereocenters. The van der Waals surface area contributed by atoms with Crippen molar-refractivity contribution >= 4 is 59.8 Å². The number of aromatic nitrogens is 1. The van der Waals surface area contributed by atoms with Crippen LogP contribution in [-0.2, 0) is 72.0 Å². The molecule has 350 valence electrons. The van der Waals surface area contributed by atoms with Gasteiger partial charge in [0.15, 0.2) is 6.79 Å². The number of aryl methyl sites for hydroxylation is 1. The van der Waals surface area contributed by atoms with Crippen molar-refractivity contribution in [3.63, 3.8) is 0 Å². The minimum atomic E-state index is -0.345. The molecular weight excluding hydrogens is 865 g/mol. The number of fused-ring (bicyclic) bond motifs is 1. The summed E-state index contributed by atoms with van der Waals surface area (Å²) in [6, 6.07) is 2.23. The van der Waals surface area contributed by atoms with Crippen LogP contribution in [-0.4, -0.2) is 79.9 Å². The second-order valence-corrected chi connectivity index (χ2v) is 17.3. The van der Waals surface area contributed by atoms with Crippen molar-refractivity contribution < 1.29 is 118 Å². The molecule has 0 aromatic carbocycles. The molecule has 3 aliphatic rings. The van der Waals surface area contributed by atoms with E-state index in [-0.39, 0.29) is 128 Å². The number of alkyl halides is 1. The Morgan fingerprint density at radius 3 is 1.84 bits per heavy atom. The summed E-state index contributed by atoms with van der Waals surface area (Å²) in [5, 5.41) is 8.43. The molecule has 18 heteroatoms. The average molecular weight is 942 g/mol. The van der Waals surface area contributed by atoms with Crippen molar-refractivity contribution in [2.75, 3.05) is 39.5 Å². The Balaban J connectivity index is -0.000000162. The van der Waals surface area contributed by atoms with Gasteiger partial charge in [-0.25, -0.2) is 0 Å². The van der Waals surface area contributed by atoms with E-state index in [1.165, 1.54) is 23.4 Å². The third kappa shape index (κ3) is 34.1. The van der Waals surface area contributed by atoms with Crippen LogP contribution >= 0.6 is 24.0 Å². The normalized spacial score (nSPS) is 17.0. The maximum absolute atomic E-state index is 11.6. The molecule has 62 heavy (non-hydrogen) atoms. The Hall–Kier alpha value is -1.30. The second kappa shape index (κ2) is 37.9. The van der Waals surface area contributed by atoms with E-state index in [9.17, 15) is 24.0 Å². The summed E-state index contributed by atoms with van der Waals surface area (Å²) >= 11 is 5.31. The van der Waals surface area contributed by atoms with E-state index in [1.54, 1.807) is 21.0 Å². The van der Waals surface area contributed by atoms with Gasteiger partial charge in [0.1, 0.15) is 29.7 Å². The molecular formula is C44H76Cl2N2Na2O12. The number of carbonyl (C=O) groups excluding carboxylic acids is 6. The van der Waals surface area contributed by atoms with Gasteiger partial charge in [-0.1, -0.05) is 48.1 Å². The standard InChI is InChI=1S/C15H23NO2.C11H18O2.C8H14O.C5H9ClO2.C4H9NO2.CH2O3.ClH.2Na.H/c1-5-18-14(17)10-16-11(2)8-12-9-15(3,4)7-6-13(12)16;1-8(12)6-9-7-11(2,3)5-4-10(9)13;1-8(2)5-3-7(9)4-6-8;1-5(3-6)8-4-7-2;1-2-7-4(6)3-5;2-1-4-3;;;;/h8H,5-7,9-10H2,1-4H3;9H,4-7H2,1-3H3;3-6H2,1-2H3;1,3-4H2,2H3;2-3,5H2,1H3;1,3H;1H;;;/q;;;;;;;2*+1;-1/p-1. The zero-order chi connectivity index (χ0) is 45.8. The Labute approximate surface area is 428 Å². The van der Waals surface area contributed by atoms with Crippen LogP contribution in [0.15, 0.2) is 18.4 Å². The number of rotatable bonds is 12. The number of ether oxygens (including phenoxy) is 4. The zero-order valence-corrected chi connectivity index (χ0v) is 45.7. The molecule has 4 rings (SSSR count). The molecule has 2 N–H and O–H groups in total. The average Bonchev–Trinajstić information content (AvgIpc) is 3.46. The Morgan fingerprint density at radius 1 is 0.919 bits per heavy atom. The molecule has 0 aliphatic heterocycles. The van der Waals surface area contributed by atoms with Crippen LogP contribution < -0.4 is 70.1 Å². The van der Waals surface area contributed by atoms with Gasteiger partial charge in [-0.2, -0.15) is 0 Å². The van der Waals surface area contributed by atoms with Crippen LogP contribution in [0.1, 0.15) is 138 Å². The van der Waals surface area contributed by atoms with Crippen LogP contribution in [0.2, 0.25) is 0 Å². The van der Waals surface area contributed by atoms with Crippen LogP contribution in [0.25, 0.3) is 0 Å². The number of nitrogens with zero attached hydrogens (tertiary/aromatic N) is 1. The van der Waals surface area contributed by atoms with Crippen molar-refractivity contribution in [1.82, 2.24) is 4.57 Å². The fourth-order valence-corrected chi connectivity index (χ4v) is 6.63. The molecule has 2 saturated carbocycles. The maximum Gasteiger partial charge on any atom is 1.00 e. The summed E-state index contributed by atoms with van der Waals surface area (Å²) in [4.78, 5) is 66.1. The van der Waals surface area contributed by atoms with Crippen LogP contribution in [0.4, 0.5) is 0 Å². The molecule has 1 heterocycles. The SMILES string of the molecule is C=C(CCl)OCOC.CC(=O)CC1CC(C)(C)CCC1=O.CC1(C)CCC(=O)CC1.CCOC(=O)CN.CCOC(=O)Cn1c(C)cc2c1CCC(C)(C)C2.Cl.O=CO[O-].[H-].[Na+].[Na+]. The number of nitrogens with two attached hydrogens (primary N) is 1. The fourth-order valence-electron chi connectivity index (χ4n) is 6.55. The van der Waals surface area contributed by atoms with Crippen LogP contribution in [0.5, 0.6) is 0 Å². The summed E-state index contributed by atoms with van der Waals surface area (Å²) in [6.45, 7) is 25.4. The van der Waals surface area contributed by atoms with Gasteiger partial charge in [-0.15, -0.1) is 24.0 Å². The van der Waals surface area contributed by atoms with Crippen molar-refractivity contribution in [1.29, 1.82) is 0 Å². The molecule has 0 spiro atoms. The number of hydrogen-bond donors (Lipinski definition) is 1. The third-order valence-electron chi connectivity index (χ3n) is 9.84. The summed E-state index contributed by atoms with van der Waals surface area (Å²) in [5.74, 6) is 1.25. The number of hydrogen-bond acceptors (Lipinski definition) is 13. The van der Waals surface area contributed by atoms with Crippen LogP contribution in [0.3, 0.4) is 0 Å². The van der Waals surface area contributed by atoms with Crippen molar-refractivity contribution in [2.45, 2.75) is 146 Å². The number of Topliss-reactive ketones (excluding diaryl/α,β-unsaturated/α-hetero) is 3. The number of allylic oxidation sites excluding steroid dienone is 1. The van der Waals surface area contributed by atoms with Crippen molar-refractivity contribution in [3.05, 3.63) is 35.4 Å². The molecule has 1 aromatic heterocycles. The van der Waals surface area contributed by atoms with Gasteiger partial charge in [0.05, 0.1) is 25.6 Å². The molecule has 1 aromatic rings. The Morgan fingerprint density at radius 2 is 1.42 bits per heavy atom. The van der Waals surface area contributed by atoms with E-state index < -0.39 is 0 Å². The van der Waals surface area contributed by atoms with Gasteiger partial charge in [-0.3, -0.25) is 24.0 Å². The number of esters is 2. The first-order chi connectivity index (χ1) is 27.5. The first kappa shape index (κ1) is 69.7. The molecule has 14 nitrogen and oxygen atoms in total. The van der Waals surface area contributed by atoms with E-state index in [2.05, 4.69) is 80.0 Å². The molecule has 2 fully saturated rings. The quantitative estimate of drug-likeness (QED) is 0.0459. The number of methoxy groups -OCH3 is 1. The number of halogens is 2. The molecule has 0 bridgehead atoms. The fraction of sp³-hybridized carbons (Fsp3) is 0.727. The zero-order valence-electron chi connectivity index (χ0n) is 41.2. The number of ketones is 3. The molecule has 0 amide bonds. The molecule has 0 radical (unpaired) electrons. The van der Waals surface area contributed by atoms with Gasteiger partial charge in [0.25, 0.3) is 6.47 Å². The monoisotopic (exact) mass is 940 g/mol. The smallest absolute Gasteiger partial charge is 1.00 e. The first-order valence-corrected chi connectivity index (χ1v) is 20.8. The van der Waals surface area contributed by atoms with E-state index >= 15 is 0 Å². The molecule has 0 saturated heterocycles. The van der Waals surface area contributed by atoms with E-state index in [0.717, 1.165) is 51.4 Å². The first-order valence-electron chi connectivity index (χ1n) is 20.3. The van der Waals surface area contributed by atoms with Gasteiger partial charge in [-0.05, 0) is 101 Å². The van der Waals surface area contributed by atoms with Gasteiger partial charge in [0.2, 0.25) is 0 Å². The summed E-state index contributed by atoms with van der Waals surface area (Å²) < 4.78 is 21.0. The molecule has 1 atom stereocenters. The summed E-state index contributed by atoms with van der Waals surface area (Å²) in [5.41, 5.74) is 9.87. The largest absolute Gasteiger partial charge is 1.00 e. The van der Waals surface area contributed by atoms with E-state index in [0.29, 0.717) is 60.9 Å². The predicted molar refractivity (Wildman–Crippen MR) is 234 cm³/mol. The topological polar surface area (TPSA) is 203 Å². The molecule has 3 aliphatic carbocycles.